The maximum Gasteiger partial charge on any atom is 0.354 e. The molecule has 194 valence electrons. The van der Waals surface area contributed by atoms with Crippen LogP contribution < -0.4 is 5.63 Å². The van der Waals surface area contributed by atoms with Gasteiger partial charge in [0.25, 0.3) is 5.92 Å². The highest BCUT2D eigenvalue weighted by Gasteiger charge is 2.58. The second-order valence-corrected chi connectivity index (χ2v) is 10.6. The number of rotatable bonds is 6. The van der Waals surface area contributed by atoms with E-state index in [9.17, 15) is 4.79 Å². The van der Waals surface area contributed by atoms with Crippen molar-refractivity contribution in [3.8, 4) is 10.4 Å². The molecule has 6 rings (SSSR count). The molecule has 1 aromatic carbocycles. The van der Waals surface area contributed by atoms with Crippen molar-refractivity contribution < 1.29 is 27.4 Å². The number of alkyl halides is 2. The number of halogens is 2. The van der Waals surface area contributed by atoms with Crippen molar-refractivity contribution in [3.63, 3.8) is 0 Å². The Bertz CT molecular complexity index is 1470. The van der Waals surface area contributed by atoms with Gasteiger partial charge in [-0.3, -0.25) is 0 Å². The third-order valence-electron chi connectivity index (χ3n) is 7.00. The molecule has 0 aliphatic carbocycles. The summed E-state index contributed by atoms with van der Waals surface area (Å²) in [5.41, 5.74) is -0.978. The normalized spacial score (nSPS) is 22.3. The molecule has 0 spiro atoms. The number of benzene rings is 1. The van der Waals surface area contributed by atoms with Crippen molar-refractivity contribution in [2.45, 2.75) is 57.2 Å². The molecule has 0 bridgehead atoms. The minimum Gasteiger partial charge on any atom is -0.423 e. The van der Waals surface area contributed by atoms with Crippen molar-refractivity contribution >= 4 is 21.4 Å². The zero-order chi connectivity index (χ0) is 25.6. The van der Waals surface area contributed by atoms with Crippen LogP contribution in [0.5, 0.6) is 0 Å². The van der Waals surface area contributed by atoms with Crippen LogP contribution in [0.4, 0.5) is 8.78 Å². The number of nitrogens with zero attached hydrogens (tertiary/aromatic N) is 2. The summed E-state index contributed by atoms with van der Waals surface area (Å²) in [4.78, 5) is 13.9. The minimum atomic E-state index is -3.39. The van der Waals surface area contributed by atoms with Crippen LogP contribution in [0.1, 0.15) is 49.3 Å². The quantitative estimate of drug-likeness (QED) is 0.305. The second-order valence-electron chi connectivity index (χ2n) is 9.56. The summed E-state index contributed by atoms with van der Waals surface area (Å²) in [5, 5.41) is 4.99. The third kappa shape index (κ3) is 4.31. The van der Waals surface area contributed by atoms with E-state index in [2.05, 4.69) is 5.10 Å². The predicted molar refractivity (Wildman–Crippen MR) is 134 cm³/mol. The zero-order valence-corrected chi connectivity index (χ0v) is 21.1. The first kappa shape index (κ1) is 24.4. The lowest BCUT2D eigenvalue weighted by Crippen LogP contribution is -2.52. The van der Waals surface area contributed by atoms with Gasteiger partial charge in [0.1, 0.15) is 10.9 Å². The Morgan fingerprint density at radius 1 is 1.27 bits per heavy atom. The smallest absolute Gasteiger partial charge is 0.354 e. The molecule has 2 aliphatic rings. The Labute approximate surface area is 215 Å². The number of thiophene rings is 1. The lowest BCUT2D eigenvalue weighted by Gasteiger charge is -2.40. The molecule has 1 saturated heterocycles. The number of hydrogen-bond acceptors (Lipinski definition) is 7. The van der Waals surface area contributed by atoms with Gasteiger partial charge in [-0.2, -0.15) is 5.10 Å². The van der Waals surface area contributed by atoms with Gasteiger partial charge in [0.05, 0.1) is 26.0 Å². The van der Waals surface area contributed by atoms with Gasteiger partial charge in [-0.1, -0.05) is 30.3 Å². The highest BCUT2D eigenvalue weighted by Crippen LogP contribution is 2.48. The minimum absolute atomic E-state index is 0.0352. The lowest BCUT2D eigenvalue weighted by atomic mass is 9.88. The topological polar surface area (TPSA) is 75.7 Å². The van der Waals surface area contributed by atoms with Crippen LogP contribution in [-0.4, -0.2) is 28.9 Å². The van der Waals surface area contributed by atoms with E-state index < -0.39 is 23.8 Å². The second kappa shape index (κ2) is 9.43. The largest absolute Gasteiger partial charge is 0.423 e. The summed E-state index contributed by atoms with van der Waals surface area (Å²) in [6, 6.07) is 10.8. The average molecular weight is 529 g/mol. The van der Waals surface area contributed by atoms with Gasteiger partial charge >= 0.3 is 5.63 Å². The molecule has 2 atom stereocenters. The van der Waals surface area contributed by atoms with E-state index in [0.29, 0.717) is 22.3 Å². The molecule has 5 heterocycles. The predicted octanol–water partition coefficient (Wildman–Crippen LogP) is 6.01. The van der Waals surface area contributed by atoms with Gasteiger partial charge in [-0.15, -0.1) is 11.3 Å². The maximum absolute atomic E-state index is 15.2. The van der Waals surface area contributed by atoms with Gasteiger partial charge in [0.2, 0.25) is 5.60 Å². The fourth-order valence-corrected chi connectivity index (χ4v) is 6.00. The molecule has 0 amide bonds. The molecule has 2 unspecified atom stereocenters. The van der Waals surface area contributed by atoms with E-state index in [-0.39, 0.29) is 25.2 Å². The van der Waals surface area contributed by atoms with E-state index in [1.165, 1.54) is 11.3 Å². The van der Waals surface area contributed by atoms with Crippen LogP contribution in [0, 0.1) is 0 Å². The average Bonchev–Trinajstić information content (AvgIpc) is 3.57. The molecule has 2 aliphatic heterocycles. The van der Waals surface area contributed by atoms with Gasteiger partial charge in [-0.25, -0.2) is 18.3 Å². The van der Waals surface area contributed by atoms with Crippen LogP contribution in [-0.2, 0) is 33.0 Å². The summed E-state index contributed by atoms with van der Waals surface area (Å²) in [6.07, 6.45) is 6.50. The van der Waals surface area contributed by atoms with Crippen LogP contribution >= 0.6 is 11.3 Å². The summed E-state index contributed by atoms with van der Waals surface area (Å²) in [7, 11) is 0. The number of ether oxygens (including phenoxy) is 3. The molecule has 37 heavy (non-hydrogen) atoms. The van der Waals surface area contributed by atoms with E-state index in [0.717, 1.165) is 42.2 Å². The molecular formula is C27H26F2N2O5S. The Morgan fingerprint density at radius 2 is 2.11 bits per heavy atom. The van der Waals surface area contributed by atoms with E-state index in [1.807, 2.05) is 18.3 Å². The Kier molecular flexibility index (Phi) is 6.22. The first-order chi connectivity index (χ1) is 17.9. The molecule has 3 aromatic heterocycles. The fourth-order valence-electron chi connectivity index (χ4n) is 4.96. The summed E-state index contributed by atoms with van der Waals surface area (Å²) < 4.78 is 55.6. The van der Waals surface area contributed by atoms with Gasteiger partial charge in [0, 0.05) is 41.1 Å². The number of hydrogen-bond donors (Lipinski definition) is 0. The van der Waals surface area contributed by atoms with Crippen LogP contribution in [0.15, 0.2) is 58.0 Å². The number of fused-ring (bicyclic) bond motifs is 3. The number of aromatic nitrogens is 2. The molecule has 4 aromatic rings. The fraction of sp³-hybridized carbons (Fsp3) is 0.407. The highest BCUT2D eigenvalue weighted by molar-refractivity contribution is 7.22. The van der Waals surface area contributed by atoms with E-state index in [4.69, 9.17) is 18.6 Å². The molecule has 1 fully saturated rings. The van der Waals surface area contributed by atoms with E-state index in [1.54, 1.807) is 35.1 Å². The molecule has 0 radical (unpaired) electrons. The lowest BCUT2D eigenvalue weighted by molar-refractivity contribution is -0.253. The summed E-state index contributed by atoms with van der Waals surface area (Å²) in [5.74, 6) is -3.56. The molecule has 10 heteroatoms. The van der Waals surface area contributed by atoms with Crippen molar-refractivity contribution in [1.29, 1.82) is 0 Å². The van der Waals surface area contributed by atoms with Gasteiger partial charge in [-0.05, 0) is 30.9 Å². The molecular weight excluding hydrogens is 502 g/mol. The molecule has 0 saturated carbocycles. The maximum atomic E-state index is 15.2. The van der Waals surface area contributed by atoms with E-state index >= 15 is 8.78 Å². The van der Waals surface area contributed by atoms with Crippen molar-refractivity contribution in [2.75, 3.05) is 13.2 Å². The van der Waals surface area contributed by atoms with Crippen LogP contribution in [0.3, 0.4) is 0 Å². The Hall–Kier alpha value is -2.92. The third-order valence-corrected chi connectivity index (χ3v) is 8.17. The van der Waals surface area contributed by atoms with Gasteiger partial charge in [0.15, 0.2) is 5.76 Å². The highest BCUT2D eigenvalue weighted by atomic mass is 32.1. The summed E-state index contributed by atoms with van der Waals surface area (Å²) in [6.45, 7) is 0.975. The Balaban J connectivity index is 1.41. The first-order valence-corrected chi connectivity index (χ1v) is 13.1. The zero-order valence-electron chi connectivity index (χ0n) is 20.2. The van der Waals surface area contributed by atoms with Crippen LogP contribution in [0.2, 0.25) is 0 Å². The first-order valence-electron chi connectivity index (χ1n) is 12.3. The molecule has 0 N–H and O–H groups in total. The van der Waals surface area contributed by atoms with Crippen molar-refractivity contribution in [2.24, 2.45) is 0 Å². The van der Waals surface area contributed by atoms with Gasteiger partial charge < -0.3 is 18.6 Å². The summed E-state index contributed by atoms with van der Waals surface area (Å²) >= 11 is 1.24. The van der Waals surface area contributed by atoms with Crippen LogP contribution in [0.25, 0.3) is 20.5 Å². The standard InChI is InChI=1S/C27H26F2N2O5S/c1-26(28,29)27(35-14-17-7-3-2-4-8-17)16-33-15-20-19-11-21(37-23(19)25(32)36-24(20)27)18-12-30-31(13-18)22-9-5-6-10-34-22/h2-4,7-8,11-13,22H,5-6,9-10,14-16H2,1H3. The molecule has 7 nitrogen and oxygen atoms in total. The van der Waals surface area contributed by atoms with Crippen molar-refractivity contribution in [3.05, 3.63) is 76.1 Å². The van der Waals surface area contributed by atoms with Crippen molar-refractivity contribution in [1.82, 2.24) is 9.78 Å². The SMILES string of the molecule is CC(F)(F)C1(OCc2ccccc2)COCc2c1oc(=O)c1sc(-c3cnn(C4CCCCO4)c3)cc21. The monoisotopic (exact) mass is 528 g/mol. The Morgan fingerprint density at radius 3 is 2.86 bits per heavy atom.